The molecule has 0 spiro atoms. The Morgan fingerprint density at radius 2 is 1.54 bits per heavy atom. The Kier molecular flexibility index (Phi) is 6.62. The van der Waals surface area contributed by atoms with E-state index >= 15 is 0 Å². The average Bonchev–Trinajstić information content (AvgIpc) is 2.61. The maximum absolute atomic E-state index is 12.9. The first-order chi connectivity index (χ1) is 11.6. The van der Waals surface area contributed by atoms with E-state index in [-0.39, 0.29) is 18.3 Å². The van der Waals surface area contributed by atoms with Crippen LogP contribution in [0.25, 0.3) is 0 Å². The Balaban J connectivity index is 1.80. The van der Waals surface area contributed by atoms with Gasteiger partial charge in [-0.05, 0) is 42.0 Å². The van der Waals surface area contributed by atoms with Gasteiger partial charge < -0.3 is 16.0 Å². The number of benzene rings is 2. The minimum atomic E-state index is -0.400. The second-order valence-corrected chi connectivity index (χ2v) is 6.06. The highest BCUT2D eigenvalue weighted by Crippen LogP contribution is 2.27. The number of hydrogen-bond acceptors (Lipinski definition) is 3. The molecule has 2 rings (SSSR count). The summed E-state index contributed by atoms with van der Waals surface area (Å²) in [6, 6.07) is 13.6. The van der Waals surface area contributed by atoms with Gasteiger partial charge in [0.25, 0.3) is 0 Å². The fourth-order valence-corrected chi connectivity index (χ4v) is 2.62. The molecule has 0 fully saturated rings. The first-order valence-corrected chi connectivity index (χ1v) is 8.13. The zero-order valence-electron chi connectivity index (χ0n) is 13.1. The van der Waals surface area contributed by atoms with Crippen LogP contribution in [0.1, 0.15) is 5.56 Å². The van der Waals surface area contributed by atoms with Crippen molar-refractivity contribution in [3.63, 3.8) is 0 Å². The van der Waals surface area contributed by atoms with Crippen molar-refractivity contribution in [2.45, 2.75) is 16.3 Å². The second-order valence-electron chi connectivity index (χ2n) is 4.91. The van der Waals surface area contributed by atoms with Crippen molar-refractivity contribution in [3.05, 3.63) is 59.9 Å². The Hall–Kier alpha value is -2.54. The van der Waals surface area contributed by atoms with Gasteiger partial charge in [-0.15, -0.1) is 0 Å². The van der Waals surface area contributed by atoms with E-state index in [1.54, 1.807) is 12.1 Å². The van der Waals surface area contributed by atoms with Crippen LogP contribution < -0.4 is 16.0 Å². The summed E-state index contributed by atoms with van der Waals surface area (Å²) < 4.78 is 12.9. The second kappa shape index (κ2) is 8.93. The van der Waals surface area contributed by atoms with E-state index in [0.29, 0.717) is 6.54 Å². The highest BCUT2D eigenvalue weighted by Gasteiger charge is 2.04. The number of carbonyl (C=O) groups excluding carboxylic acids is 2. The monoisotopic (exact) mass is 347 g/mol. The topological polar surface area (TPSA) is 70.2 Å². The molecule has 0 saturated heterocycles. The molecule has 0 heterocycles. The third kappa shape index (κ3) is 5.92. The van der Waals surface area contributed by atoms with Crippen LogP contribution in [0, 0.1) is 5.82 Å². The van der Waals surface area contributed by atoms with E-state index in [2.05, 4.69) is 16.0 Å². The lowest BCUT2D eigenvalue weighted by Gasteiger charge is -2.08. The first kappa shape index (κ1) is 17.8. The fourth-order valence-electron chi connectivity index (χ4n) is 1.81. The minimum Gasteiger partial charge on any atom is -0.358 e. The average molecular weight is 347 g/mol. The molecule has 0 saturated carbocycles. The van der Waals surface area contributed by atoms with Crippen LogP contribution in [0.15, 0.2) is 58.3 Å². The quantitative estimate of drug-likeness (QED) is 0.752. The lowest BCUT2D eigenvalue weighted by Crippen LogP contribution is -2.40. The van der Waals surface area contributed by atoms with E-state index in [4.69, 9.17) is 0 Å². The van der Waals surface area contributed by atoms with Crippen LogP contribution in [0.5, 0.6) is 0 Å². The predicted molar refractivity (Wildman–Crippen MR) is 91.3 cm³/mol. The van der Waals surface area contributed by atoms with Gasteiger partial charge in [0.2, 0.25) is 5.91 Å². The van der Waals surface area contributed by atoms with Gasteiger partial charge in [-0.3, -0.25) is 4.79 Å². The van der Waals surface area contributed by atoms with Gasteiger partial charge in [0.05, 0.1) is 6.54 Å². The molecular weight excluding hydrogens is 329 g/mol. The highest BCUT2D eigenvalue weighted by molar-refractivity contribution is 7.99. The number of halogens is 1. The van der Waals surface area contributed by atoms with Gasteiger partial charge in [0.1, 0.15) is 5.82 Å². The van der Waals surface area contributed by atoms with Crippen molar-refractivity contribution in [2.75, 3.05) is 13.6 Å². The Bertz CT molecular complexity index is 690. The van der Waals surface area contributed by atoms with E-state index in [1.165, 1.54) is 30.9 Å². The predicted octanol–water partition coefficient (Wildman–Crippen LogP) is 2.52. The van der Waals surface area contributed by atoms with Gasteiger partial charge in [0, 0.05) is 23.4 Å². The van der Waals surface area contributed by atoms with Crippen LogP contribution in [0.2, 0.25) is 0 Å². The number of carbonyl (C=O) groups is 2. The fraction of sp³-hybridized carbons (Fsp3) is 0.176. The van der Waals surface area contributed by atoms with Crippen molar-refractivity contribution in [1.29, 1.82) is 0 Å². The summed E-state index contributed by atoms with van der Waals surface area (Å²) in [5.74, 6) is -0.511. The molecule has 0 aromatic heterocycles. The van der Waals surface area contributed by atoms with Crippen molar-refractivity contribution < 1.29 is 14.0 Å². The largest absolute Gasteiger partial charge is 0.358 e. The Morgan fingerprint density at radius 3 is 2.12 bits per heavy atom. The molecule has 5 nitrogen and oxygen atoms in total. The molecule has 126 valence electrons. The molecule has 0 aliphatic rings. The minimum absolute atomic E-state index is 0.0599. The number of urea groups is 1. The summed E-state index contributed by atoms with van der Waals surface area (Å²) in [6.45, 7) is 0.302. The Labute approximate surface area is 144 Å². The maximum atomic E-state index is 12.9. The maximum Gasteiger partial charge on any atom is 0.315 e. The number of likely N-dealkylation sites (N-methyl/N-ethyl adjacent to an activating group) is 1. The standard InChI is InChI=1S/C17H18FN3O2S/c1-19-16(22)11-21-17(23)20-10-12-2-6-14(7-3-12)24-15-8-4-13(18)5-9-15/h2-9H,10-11H2,1H3,(H,19,22)(H2,20,21,23). The van der Waals surface area contributed by atoms with Crippen LogP contribution in [-0.2, 0) is 11.3 Å². The van der Waals surface area contributed by atoms with E-state index in [1.807, 2.05) is 24.3 Å². The van der Waals surface area contributed by atoms with Crippen LogP contribution in [0.3, 0.4) is 0 Å². The summed E-state index contributed by atoms with van der Waals surface area (Å²) >= 11 is 1.53. The lowest BCUT2D eigenvalue weighted by atomic mass is 10.2. The van der Waals surface area contributed by atoms with Gasteiger partial charge in [-0.2, -0.15) is 0 Å². The number of rotatable bonds is 6. The third-order valence-corrected chi connectivity index (χ3v) is 4.13. The molecule has 0 atom stereocenters. The van der Waals surface area contributed by atoms with Crippen molar-refractivity contribution in [3.8, 4) is 0 Å². The summed E-state index contributed by atoms with van der Waals surface area (Å²) in [5, 5.41) is 7.55. The smallest absolute Gasteiger partial charge is 0.315 e. The van der Waals surface area contributed by atoms with Crippen molar-refractivity contribution >= 4 is 23.7 Å². The van der Waals surface area contributed by atoms with E-state index < -0.39 is 6.03 Å². The number of hydrogen-bond donors (Lipinski definition) is 3. The molecule has 2 aromatic rings. The molecule has 0 aliphatic carbocycles. The van der Waals surface area contributed by atoms with Crippen LogP contribution in [-0.4, -0.2) is 25.5 Å². The third-order valence-electron chi connectivity index (χ3n) is 3.11. The molecular formula is C17H18FN3O2S. The molecule has 0 unspecified atom stereocenters. The molecule has 3 amide bonds. The summed E-state index contributed by atoms with van der Waals surface area (Å²) in [7, 11) is 1.51. The van der Waals surface area contributed by atoms with Gasteiger partial charge in [0.15, 0.2) is 0 Å². The molecule has 24 heavy (non-hydrogen) atoms. The normalized spacial score (nSPS) is 10.1. The van der Waals surface area contributed by atoms with Crippen molar-refractivity contribution in [1.82, 2.24) is 16.0 Å². The van der Waals surface area contributed by atoms with Crippen LogP contribution >= 0.6 is 11.8 Å². The SMILES string of the molecule is CNC(=O)CNC(=O)NCc1ccc(Sc2ccc(F)cc2)cc1. The summed E-state index contributed by atoms with van der Waals surface area (Å²) in [6.07, 6.45) is 0. The van der Waals surface area contributed by atoms with E-state index in [0.717, 1.165) is 15.4 Å². The van der Waals surface area contributed by atoms with E-state index in [9.17, 15) is 14.0 Å². The molecule has 2 aromatic carbocycles. The summed E-state index contributed by atoms with van der Waals surface area (Å²) in [5.41, 5.74) is 0.938. The number of amides is 3. The number of nitrogens with one attached hydrogen (secondary N) is 3. The van der Waals surface area contributed by atoms with Gasteiger partial charge in [-0.25, -0.2) is 9.18 Å². The molecule has 7 heteroatoms. The molecule has 0 radical (unpaired) electrons. The zero-order chi connectivity index (χ0) is 17.4. The molecule has 0 aliphatic heterocycles. The zero-order valence-corrected chi connectivity index (χ0v) is 14.0. The van der Waals surface area contributed by atoms with Gasteiger partial charge in [-0.1, -0.05) is 23.9 Å². The van der Waals surface area contributed by atoms with Crippen molar-refractivity contribution in [2.24, 2.45) is 0 Å². The first-order valence-electron chi connectivity index (χ1n) is 7.31. The summed E-state index contributed by atoms with van der Waals surface area (Å²) in [4.78, 5) is 24.5. The van der Waals surface area contributed by atoms with Crippen LogP contribution in [0.4, 0.5) is 9.18 Å². The molecule has 0 bridgehead atoms. The van der Waals surface area contributed by atoms with Gasteiger partial charge >= 0.3 is 6.03 Å². The Morgan fingerprint density at radius 1 is 0.958 bits per heavy atom. The lowest BCUT2D eigenvalue weighted by molar-refractivity contribution is -0.119. The highest BCUT2D eigenvalue weighted by atomic mass is 32.2. The molecule has 3 N–H and O–H groups in total.